The molecule has 0 radical (unpaired) electrons. The molecule has 146 valence electrons. The lowest BCUT2D eigenvalue weighted by molar-refractivity contribution is 0.0747. The molecule has 7 nitrogen and oxygen atoms in total. The van der Waals surface area contributed by atoms with Crippen molar-refractivity contribution in [3.63, 3.8) is 0 Å². The lowest BCUT2D eigenvalue weighted by Gasteiger charge is -2.34. The fourth-order valence-electron chi connectivity index (χ4n) is 3.09. The number of hydrogen-bond donors (Lipinski definition) is 0. The highest BCUT2D eigenvalue weighted by atomic mass is 35.5. The van der Waals surface area contributed by atoms with Crippen LogP contribution in [0.1, 0.15) is 23.0 Å². The molecule has 0 N–H and O–H groups in total. The number of carbonyl (C=O) groups is 1. The second kappa shape index (κ2) is 7.48. The predicted molar refractivity (Wildman–Crippen MR) is 106 cm³/mol. The van der Waals surface area contributed by atoms with Crippen molar-refractivity contribution in [1.29, 1.82) is 0 Å². The van der Waals surface area contributed by atoms with E-state index in [1.807, 2.05) is 11.8 Å². The number of nitrogens with zero attached hydrogens (tertiary/aromatic N) is 5. The van der Waals surface area contributed by atoms with Gasteiger partial charge in [0.15, 0.2) is 0 Å². The number of amides is 1. The first kappa shape index (κ1) is 18.8. The minimum Gasteiger partial charge on any atom is -0.343 e. The van der Waals surface area contributed by atoms with Crippen molar-refractivity contribution in [3.05, 3.63) is 56.7 Å². The number of aryl methyl sites for hydroxylation is 1. The monoisotopic (exact) mass is 421 g/mol. The van der Waals surface area contributed by atoms with Gasteiger partial charge in [-0.15, -0.1) is 5.10 Å². The first-order valence-corrected chi connectivity index (χ1v) is 10.0. The van der Waals surface area contributed by atoms with Gasteiger partial charge in [0, 0.05) is 37.9 Å². The highest BCUT2D eigenvalue weighted by Crippen LogP contribution is 2.24. The molecule has 0 spiro atoms. The van der Waals surface area contributed by atoms with Crippen molar-refractivity contribution in [2.75, 3.05) is 31.1 Å². The van der Waals surface area contributed by atoms with E-state index in [1.165, 1.54) is 34.1 Å². The van der Waals surface area contributed by atoms with Crippen molar-refractivity contribution in [3.8, 4) is 0 Å². The Hall–Kier alpha value is -2.52. The fraction of sp³-hybridized carbons (Fsp3) is 0.333. The number of fused-ring (bicyclic) bond motifs is 1. The zero-order valence-electron chi connectivity index (χ0n) is 15.1. The molecule has 0 bridgehead atoms. The maximum Gasteiger partial charge on any atom is 0.275 e. The molecule has 0 saturated carbocycles. The minimum atomic E-state index is -0.475. The molecule has 4 rings (SSSR count). The van der Waals surface area contributed by atoms with E-state index >= 15 is 0 Å². The van der Waals surface area contributed by atoms with E-state index in [9.17, 15) is 14.0 Å². The number of carbonyl (C=O) groups excluding carboxylic acids is 1. The topological polar surface area (TPSA) is 70.8 Å². The number of anilines is 1. The quantitative estimate of drug-likeness (QED) is 0.649. The molecule has 1 aromatic carbocycles. The van der Waals surface area contributed by atoms with Crippen LogP contribution in [0.15, 0.2) is 29.1 Å². The second-order valence-electron chi connectivity index (χ2n) is 6.42. The Morgan fingerprint density at radius 2 is 2.00 bits per heavy atom. The maximum atomic E-state index is 13.2. The van der Waals surface area contributed by atoms with Crippen LogP contribution in [0.25, 0.3) is 4.96 Å². The van der Waals surface area contributed by atoms with E-state index in [1.54, 1.807) is 4.90 Å². The van der Waals surface area contributed by atoms with Gasteiger partial charge >= 0.3 is 0 Å². The van der Waals surface area contributed by atoms with Gasteiger partial charge in [-0.05, 0) is 24.6 Å². The maximum absolute atomic E-state index is 13.2. The summed E-state index contributed by atoms with van der Waals surface area (Å²) in [6.07, 6.45) is 0.686. The van der Waals surface area contributed by atoms with Crippen molar-refractivity contribution >= 4 is 38.9 Å². The summed E-state index contributed by atoms with van der Waals surface area (Å²) in [7, 11) is 0. The van der Waals surface area contributed by atoms with Gasteiger partial charge < -0.3 is 9.80 Å². The van der Waals surface area contributed by atoms with E-state index < -0.39 is 5.82 Å². The molecule has 2 aromatic heterocycles. The average Bonchev–Trinajstić information content (AvgIpc) is 3.12. The highest BCUT2D eigenvalue weighted by molar-refractivity contribution is 7.20. The van der Waals surface area contributed by atoms with Gasteiger partial charge in [0.25, 0.3) is 11.5 Å². The molecule has 1 aliphatic heterocycles. The van der Waals surface area contributed by atoms with Crippen molar-refractivity contribution in [2.45, 2.75) is 13.3 Å². The average molecular weight is 422 g/mol. The Kier molecular flexibility index (Phi) is 5.03. The van der Waals surface area contributed by atoms with Crippen LogP contribution >= 0.6 is 22.9 Å². The smallest absolute Gasteiger partial charge is 0.275 e. The van der Waals surface area contributed by atoms with Gasteiger partial charge in [0.05, 0.1) is 10.6 Å². The Balaban J connectivity index is 1.49. The van der Waals surface area contributed by atoms with E-state index in [4.69, 9.17) is 11.6 Å². The zero-order valence-corrected chi connectivity index (χ0v) is 16.6. The molecule has 28 heavy (non-hydrogen) atoms. The molecule has 0 atom stereocenters. The molecule has 1 aliphatic rings. The summed E-state index contributed by atoms with van der Waals surface area (Å²) < 4.78 is 14.5. The first-order valence-electron chi connectivity index (χ1n) is 8.85. The Bertz CT molecular complexity index is 1110. The molecule has 1 fully saturated rings. The van der Waals surface area contributed by atoms with E-state index in [2.05, 4.69) is 10.1 Å². The largest absolute Gasteiger partial charge is 0.343 e. The lowest BCUT2D eigenvalue weighted by Crippen LogP contribution is -2.48. The van der Waals surface area contributed by atoms with Crippen LogP contribution in [-0.4, -0.2) is 51.6 Å². The van der Waals surface area contributed by atoms with Crippen LogP contribution in [0.5, 0.6) is 0 Å². The SMILES string of the molecule is CCc1cc(=O)n2nc(N3CCN(C(=O)c4ccc(F)cc4Cl)CC3)sc2n1. The van der Waals surface area contributed by atoms with Crippen molar-refractivity contribution in [1.82, 2.24) is 19.5 Å². The third-order valence-electron chi connectivity index (χ3n) is 4.65. The second-order valence-corrected chi connectivity index (χ2v) is 7.76. The van der Waals surface area contributed by atoms with Gasteiger partial charge in [-0.25, -0.2) is 9.37 Å². The summed E-state index contributed by atoms with van der Waals surface area (Å²) in [6, 6.07) is 5.27. The number of hydrogen-bond acceptors (Lipinski definition) is 6. The van der Waals surface area contributed by atoms with Gasteiger partial charge in [-0.3, -0.25) is 9.59 Å². The van der Waals surface area contributed by atoms with Crippen LogP contribution < -0.4 is 10.5 Å². The molecule has 1 amide bonds. The molecule has 10 heteroatoms. The molecular formula is C18H17ClFN5O2S. The molecule has 3 heterocycles. The zero-order chi connectivity index (χ0) is 19.8. The molecule has 3 aromatic rings. The van der Waals surface area contributed by atoms with Gasteiger partial charge in [0.1, 0.15) is 5.82 Å². The summed E-state index contributed by atoms with van der Waals surface area (Å²) in [5, 5.41) is 5.19. The number of aromatic nitrogens is 3. The molecule has 0 aliphatic carbocycles. The van der Waals surface area contributed by atoms with E-state index in [0.717, 1.165) is 11.8 Å². The number of benzene rings is 1. The molecular weight excluding hydrogens is 405 g/mol. The van der Waals surface area contributed by atoms with Crippen LogP contribution in [0.3, 0.4) is 0 Å². The standard InChI is InChI=1S/C18H17ClFN5O2S/c1-2-12-10-15(26)25-17(21-12)28-18(22-25)24-7-5-23(6-8-24)16(27)13-4-3-11(20)9-14(13)19/h3-4,9-10H,2,5-8H2,1H3. The van der Waals surface area contributed by atoms with E-state index in [-0.39, 0.29) is 16.5 Å². The Labute approximate surface area is 169 Å². The van der Waals surface area contributed by atoms with Crippen molar-refractivity contribution in [2.24, 2.45) is 0 Å². The number of piperazine rings is 1. The minimum absolute atomic E-state index is 0.107. The van der Waals surface area contributed by atoms with Crippen LogP contribution in [0.2, 0.25) is 5.02 Å². The summed E-state index contributed by atoms with van der Waals surface area (Å²) >= 11 is 7.37. The normalized spacial score (nSPS) is 14.7. The highest BCUT2D eigenvalue weighted by Gasteiger charge is 2.25. The first-order chi connectivity index (χ1) is 13.5. The van der Waals surface area contributed by atoms with E-state index in [0.29, 0.717) is 48.3 Å². The van der Waals surface area contributed by atoms with Crippen molar-refractivity contribution < 1.29 is 9.18 Å². The third kappa shape index (κ3) is 3.47. The predicted octanol–water partition coefficient (Wildman–Crippen LogP) is 2.47. The van der Waals surface area contributed by atoms with Crippen LogP contribution in [-0.2, 0) is 6.42 Å². The van der Waals surface area contributed by atoms with Gasteiger partial charge in [0.2, 0.25) is 10.1 Å². The molecule has 0 unspecified atom stereocenters. The van der Waals surface area contributed by atoms with Gasteiger partial charge in [-0.1, -0.05) is 29.9 Å². The fourth-order valence-corrected chi connectivity index (χ4v) is 4.31. The number of rotatable bonds is 3. The Morgan fingerprint density at radius 1 is 1.25 bits per heavy atom. The number of halogens is 2. The van der Waals surface area contributed by atoms with Crippen LogP contribution in [0, 0.1) is 5.82 Å². The Morgan fingerprint density at radius 3 is 2.68 bits per heavy atom. The van der Waals surface area contributed by atoms with Gasteiger partial charge in [-0.2, -0.15) is 4.52 Å². The summed E-state index contributed by atoms with van der Waals surface area (Å²) in [5.41, 5.74) is 0.843. The van der Waals surface area contributed by atoms with Crippen LogP contribution in [0.4, 0.5) is 9.52 Å². The molecule has 1 saturated heterocycles. The summed E-state index contributed by atoms with van der Waals surface area (Å²) in [5.74, 6) is -0.697. The third-order valence-corrected chi connectivity index (χ3v) is 5.93. The lowest BCUT2D eigenvalue weighted by atomic mass is 10.1. The summed E-state index contributed by atoms with van der Waals surface area (Å²) in [6.45, 7) is 4.04. The summed E-state index contributed by atoms with van der Waals surface area (Å²) in [4.78, 5) is 33.6.